The fraction of sp³-hybridized carbons (Fsp3) is 0.429. The molecule has 0 aliphatic rings. The Morgan fingerprint density at radius 2 is 2.10 bits per heavy atom. The van der Waals surface area contributed by atoms with Crippen molar-refractivity contribution in [3.05, 3.63) is 29.6 Å². The van der Waals surface area contributed by atoms with Crippen LogP contribution in [-0.2, 0) is 16.6 Å². The quantitative estimate of drug-likeness (QED) is 0.811. The van der Waals surface area contributed by atoms with E-state index in [1.165, 1.54) is 19.2 Å². The van der Waals surface area contributed by atoms with E-state index in [1.54, 1.807) is 6.07 Å². The summed E-state index contributed by atoms with van der Waals surface area (Å²) in [6.45, 7) is 4.33. The van der Waals surface area contributed by atoms with Gasteiger partial charge in [-0.15, -0.1) is 6.42 Å². The Morgan fingerprint density at radius 1 is 1.45 bits per heavy atom. The van der Waals surface area contributed by atoms with Crippen molar-refractivity contribution in [1.82, 2.24) is 9.62 Å². The van der Waals surface area contributed by atoms with Gasteiger partial charge in [-0.05, 0) is 17.7 Å². The number of nitrogens with one attached hydrogen (secondary N) is 1. The topological polar surface area (TPSA) is 49.4 Å². The Hall–Kier alpha value is -1.42. The molecule has 0 aliphatic carbocycles. The Kier molecular flexibility index (Phi) is 5.69. The highest BCUT2D eigenvalue weighted by Gasteiger charge is 2.23. The standard InChI is InChI=1S/C14H19FN2O2S/c1-5-8-17(4)20(18,19)14-7-6-12(9-13(14)15)10-16-11(2)3/h1,6-7,9,11,16H,8,10H2,2-4H3. The molecule has 0 aliphatic heterocycles. The Bertz CT molecular complexity index is 606. The minimum Gasteiger partial charge on any atom is -0.310 e. The number of rotatable bonds is 6. The lowest BCUT2D eigenvalue weighted by atomic mass is 10.2. The number of hydrogen-bond acceptors (Lipinski definition) is 3. The predicted molar refractivity (Wildman–Crippen MR) is 77.0 cm³/mol. The maximum Gasteiger partial charge on any atom is 0.246 e. The van der Waals surface area contributed by atoms with E-state index in [2.05, 4.69) is 11.2 Å². The van der Waals surface area contributed by atoms with Gasteiger partial charge in [0.15, 0.2) is 0 Å². The first-order valence-electron chi connectivity index (χ1n) is 6.20. The van der Waals surface area contributed by atoms with E-state index < -0.39 is 15.8 Å². The molecule has 4 nitrogen and oxygen atoms in total. The molecule has 0 aromatic heterocycles. The molecule has 1 aromatic rings. The van der Waals surface area contributed by atoms with Crippen LogP contribution in [-0.4, -0.2) is 32.4 Å². The molecule has 0 amide bonds. The first kappa shape index (κ1) is 16.6. The van der Waals surface area contributed by atoms with Gasteiger partial charge in [-0.2, -0.15) is 4.31 Å². The molecule has 1 rings (SSSR count). The van der Waals surface area contributed by atoms with Crippen molar-refractivity contribution in [1.29, 1.82) is 0 Å². The third kappa shape index (κ3) is 4.04. The van der Waals surface area contributed by atoms with Gasteiger partial charge in [0.25, 0.3) is 0 Å². The van der Waals surface area contributed by atoms with Crippen LogP contribution in [0.2, 0.25) is 0 Å². The van der Waals surface area contributed by atoms with E-state index >= 15 is 0 Å². The van der Waals surface area contributed by atoms with Gasteiger partial charge in [-0.1, -0.05) is 25.8 Å². The third-order valence-electron chi connectivity index (χ3n) is 2.71. The summed E-state index contributed by atoms with van der Waals surface area (Å²) in [5, 5.41) is 3.14. The molecule has 20 heavy (non-hydrogen) atoms. The normalized spacial score (nSPS) is 11.8. The highest BCUT2D eigenvalue weighted by Crippen LogP contribution is 2.19. The van der Waals surface area contributed by atoms with Crippen molar-refractivity contribution >= 4 is 10.0 Å². The van der Waals surface area contributed by atoms with Gasteiger partial charge in [-0.25, -0.2) is 12.8 Å². The summed E-state index contributed by atoms with van der Waals surface area (Å²) in [5.74, 6) is 1.45. The number of halogens is 1. The van der Waals surface area contributed by atoms with E-state index in [-0.39, 0.29) is 17.5 Å². The molecule has 0 saturated carbocycles. The second-order valence-electron chi connectivity index (χ2n) is 4.77. The van der Waals surface area contributed by atoms with E-state index in [4.69, 9.17) is 6.42 Å². The fourth-order valence-corrected chi connectivity index (χ4v) is 2.69. The lowest BCUT2D eigenvalue weighted by molar-refractivity contribution is 0.492. The summed E-state index contributed by atoms with van der Waals surface area (Å²) >= 11 is 0. The molecule has 0 unspecified atom stereocenters. The van der Waals surface area contributed by atoms with Crippen molar-refractivity contribution in [3.63, 3.8) is 0 Å². The van der Waals surface area contributed by atoms with Gasteiger partial charge in [0.2, 0.25) is 10.0 Å². The summed E-state index contributed by atoms with van der Waals surface area (Å²) in [6.07, 6.45) is 5.08. The summed E-state index contributed by atoms with van der Waals surface area (Å²) in [5.41, 5.74) is 0.690. The summed E-state index contributed by atoms with van der Waals surface area (Å²) in [6, 6.07) is 4.36. The predicted octanol–water partition coefficient (Wildman–Crippen LogP) is 1.58. The molecule has 0 spiro atoms. The van der Waals surface area contributed by atoms with Crippen LogP contribution in [0, 0.1) is 18.2 Å². The highest BCUT2D eigenvalue weighted by molar-refractivity contribution is 7.89. The monoisotopic (exact) mass is 298 g/mol. The molecule has 1 N–H and O–H groups in total. The Balaban J connectivity index is 3.02. The van der Waals surface area contributed by atoms with Crippen LogP contribution < -0.4 is 5.32 Å². The average molecular weight is 298 g/mol. The first-order valence-corrected chi connectivity index (χ1v) is 7.64. The molecule has 0 bridgehead atoms. The van der Waals surface area contributed by atoms with Gasteiger partial charge >= 0.3 is 0 Å². The van der Waals surface area contributed by atoms with E-state index in [0.29, 0.717) is 12.1 Å². The maximum atomic E-state index is 14.0. The van der Waals surface area contributed by atoms with Gasteiger partial charge in [-0.3, -0.25) is 0 Å². The second kappa shape index (κ2) is 6.84. The molecular formula is C14H19FN2O2S. The van der Waals surface area contributed by atoms with Crippen molar-refractivity contribution in [2.75, 3.05) is 13.6 Å². The van der Waals surface area contributed by atoms with Crippen LogP contribution >= 0.6 is 0 Å². The van der Waals surface area contributed by atoms with E-state index in [9.17, 15) is 12.8 Å². The minimum atomic E-state index is -3.88. The van der Waals surface area contributed by atoms with Crippen LogP contribution in [0.3, 0.4) is 0 Å². The van der Waals surface area contributed by atoms with Crippen LogP contribution in [0.5, 0.6) is 0 Å². The van der Waals surface area contributed by atoms with E-state index in [1.807, 2.05) is 13.8 Å². The number of sulfonamides is 1. The van der Waals surface area contributed by atoms with Crippen LogP contribution in [0.25, 0.3) is 0 Å². The summed E-state index contributed by atoms with van der Waals surface area (Å²) < 4.78 is 39.1. The third-order valence-corrected chi connectivity index (χ3v) is 4.55. The molecular weight excluding hydrogens is 279 g/mol. The van der Waals surface area contributed by atoms with Crippen LogP contribution in [0.4, 0.5) is 4.39 Å². The smallest absolute Gasteiger partial charge is 0.246 e. The molecule has 0 saturated heterocycles. The minimum absolute atomic E-state index is 0.0988. The van der Waals surface area contributed by atoms with Crippen molar-refractivity contribution in [2.45, 2.75) is 31.3 Å². The molecule has 0 heterocycles. The molecule has 0 radical (unpaired) electrons. The largest absolute Gasteiger partial charge is 0.310 e. The highest BCUT2D eigenvalue weighted by atomic mass is 32.2. The number of terminal acetylenes is 1. The second-order valence-corrected chi connectivity index (χ2v) is 6.78. The number of nitrogens with zero attached hydrogens (tertiary/aromatic N) is 1. The molecule has 0 fully saturated rings. The van der Waals surface area contributed by atoms with Crippen molar-refractivity contribution < 1.29 is 12.8 Å². The van der Waals surface area contributed by atoms with Gasteiger partial charge in [0.05, 0.1) is 6.54 Å². The molecule has 1 aromatic carbocycles. The van der Waals surface area contributed by atoms with Crippen molar-refractivity contribution in [2.24, 2.45) is 0 Å². The zero-order valence-corrected chi connectivity index (χ0v) is 12.7. The van der Waals surface area contributed by atoms with E-state index in [0.717, 1.165) is 4.31 Å². The van der Waals surface area contributed by atoms with Crippen molar-refractivity contribution in [3.8, 4) is 12.3 Å². The number of benzene rings is 1. The van der Waals surface area contributed by atoms with Gasteiger partial charge < -0.3 is 5.32 Å². The zero-order valence-electron chi connectivity index (χ0n) is 11.9. The summed E-state index contributed by atoms with van der Waals surface area (Å²) in [4.78, 5) is -0.358. The SMILES string of the molecule is C#CCN(C)S(=O)(=O)c1ccc(CNC(C)C)cc1F. The average Bonchev–Trinajstić information content (AvgIpc) is 2.36. The van der Waals surface area contributed by atoms with Gasteiger partial charge in [0.1, 0.15) is 10.7 Å². The number of hydrogen-bond donors (Lipinski definition) is 1. The molecule has 110 valence electrons. The Labute approximate surface area is 120 Å². The Morgan fingerprint density at radius 3 is 2.60 bits per heavy atom. The first-order chi connectivity index (χ1) is 9.28. The molecule has 6 heteroatoms. The van der Waals surface area contributed by atoms with Crippen LogP contribution in [0.1, 0.15) is 19.4 Å². The lowest BCUT2D eigenvalue weighted by Gasteiger charge is -2.15. The lowest BCUT2D eigenvalue weighted by Crippen LogP contribution is -2.28. The van der Waals surface area contributed by atoms with Crippen LogP contribution in [0.15, 0.2) is 23.1 Å². The fourth-order valence-electron chi connectivity index (χ4n) is 1.57. The molecule has 0 atom stereocenters. The zero-order chi connectivity index (χ0) is 15.3. The maximum absolute atomic E-state index is 14.0. The van der Waals surface area contributed by atoms with Gasteiger partial charge in [0, 0.05) is 19.6 Å². The summed E-state index contributed by atoms with van der Waals surface area (Å²) in [7, 11) is -2.56.